The Bertz CT molecular complexity index is 540. The van der Waals surface area contributed by atoms with Crippen LogP contribution in [0.2, 0.25) is 0 Å². The van der Waals surface area contributed by atoms with Gasteiger partial charge in [0.05, 0.1) is 28.7 Å². The fourth-order valence-electron chi connectivity index (χ4n) is 1.40. The molecular formula is C11H10BrF2N3. The predicted octanol–water partition coefficient (Wildman–Crippen LogP) is 3.37. The summed E-state index contributed by atoms with van der Waals surface area (Å²) in [5.41, 5.74) is 1.79. The average Bonchev–Trinajstić information content (AvgIpc) is 2.68. The quantitative estimate of drug-likeness (QED) is 0.853. The van der Waals surface area contributed by atoms with E-state index in [-0.39, 0.29) is 10.2 Å². The maximum Gasteiger partial charge on any atom is 0.147 e. The second-order valence-electron chi connectivity index (χ2n) is 3.57. The van der Waals surface area contributed by atoms with Gasteiger partial charge in [-0.25, -0.2) is 13.8 Å². The molecule has 1 aromatic heterocycles. The van der Waals surface area contributed by atoms with Gasteiger partial charge in [-0.3, -0.25) is 0 Å². The number of nitrogens with one attached hydrogen (secondary N) is 2. The zero-order chi connectivity index (χ0) is 12.4. The van der Waals surface area contributed by atoms with E-state index in [0.29, 0.717) is 6.54 Å². The minimum absolute atomic E-state index is 0.108. The average molecular weight is 302 g/mol. The first-order valence-electron chi connectivity index (χ1n) is 4.95. The highest BCUT2D eigenvalue weighted by Gasteiger charge is 2.09. The van der Waals surface area contributed by atoms with Crippen molar-refractivity contribution in [3.63, 3.8) is 0 Å². The van der Waals surface area contributed by atoms with E-state index in [0.717, 1.165) is 23.5 Å². The van der Waals surface area contributed by atoms with Crippen molar-refractivity contribution in [1.29, 1.82) is 0 Å². The lowest BCUT2D eigenvalue weighted by atomic mass is 10.2. The van der Waals surface area contributed by atoms with Crippen molar-refractivity contribution >= 4 is 21.6 Å². The lowest BCUT2D eigenvalue weighted by Crippen LogP contribution is -2.03. The van der Waals surface area contributed by atoms with Gasteiger partial charge in [-0.15, -0.1) is 0 Å². The van der Waals surface area contributed by atoms with Gasteiger partial charge in [-0.05, 0) is 28.9 Å². The van der Waals surface area contributed by atoms with E-state index in [2.05, 4.69) is 31.2 Å². The van der Waals surface area contributed by atoms with Crippen LogP contribution in [0.25, 0.3) is 0 Å². The van der Waals surface area contributed by atoms with Gasteiger partial charge in [0.15, 0.2) is 0 Å². The second kappa shape index (κ2) is 4.83. The summed E-state index contributed by atoms with van der Waals surface area (Å²) in [5.74, 6) is -1.01. The molecule has 3 nitrogen and oxygen atoms in total. The first-order chi connectivity index (χ1) is 8.08. The topological polar surface area (TPSA) is 40.7 Å². The molecule has 2 aromatic rings. The van der Waals surface area contributed by atoms with E-state index >= 15 is 0 Å². The van der Waals surface area contributed by atoms with Gasteiger partial charge in [-0.1, -0.05) is 0 Å². The van der Waals surface area contributed by atoms with Crippen molar-refractivity contribution in [2.24, 2.45) is 0 Å². The van der Waals surface area contributed by atoms with E-state index in [1.807, 2.05) is 6.92 Å². The van der Waals surface area contributed by atoms with Crippen molar-refractivity contribution < 1.29 is 8.78 Å². The largest absolute Gasteiger partial charge is 0.377 e. The van der Waals surface area contributed by atoms with Crippen LogP contribution < -0.4 is 5.32 Å². The molecule has 1 heterocycles. The standard InChI is InChI=1S/C11H10BrF2N3/c1-6-11(17-5-16-6)4-15-10-3-8(13)7(12)2-9(10)14/h2-3,5,15H,4H2,1H3,(H,16,17). The summed E-state index contributed by atoms with van der Waals surface area (Å²) in [6, 6.07) is 2.20. The number of hydrogen-bond donors (Lipinski definition) is 2. The second-order valence-corrected chi connectivity index (χ2v) is 4.43. The van der Waals surface area contributed by atoms with Gasteiger partial charge in [0, 0.05) is 11.8 Å². The van der Waals surface area contributed by atoms with Crippen LogP contribution in [0.4, 0.5) is 14.5 Å². The summed E-state index contributed by atoms with van der Waals surface area (Å²) in [6.45, 7) is 2.20. The Hall–Kier alpha value is -1.43. The Morgan fingerprint density at radius 3 is 2.76 bits per heavy atom. The van der Waals surface area contributed by atoms with Gasteiger partial charge < -0.3 is 10.3 Å². The normalized spacial score (nSPS) is 10.6. The van der Waals surface area contributed by atoms with Crippen LogP contribution in [0, 0.1) is 18.6 Å². The summed E-state index contributed by atoms with van der Waals surface area (Å²) in [4.78, 5) is 6.97. The van der Waals surface area contributed by atoms with Crippen LogP contribution in [0.15, 0.2) is 22.9 Å². The number of imidazole rings is 1. The maximum atomic E-state index is 13.5. The first kappa shape index (κ1) is 12.0. The van der Waals surface area contributed by atoms with Gasteiger partial charge in [0.1, 0.15) is 11.6 Å². The molecule has 2 N–H and O–H groups in total. The minimum atomic E-state index is -0.508. The smallest absolute Gasteiger partial charge is 0.147 e. The predicted molar refractivity (Wildman–Crippen MR) is 64.7 cm³/mol. The van der Waals surface area contributed by atoms with Crippen LogP contribution in [0.5, 0.6) is 0 Å². The number of benzene rings is 1. The molecule has 0 unspecified atom stereocenters. The lowest BCUT2D eigenvalue weighted by molar-refractivity contribution is 0.596. The molecule has 0 spiro atoms. The van der Waals surface area contributed by atoms with E-state index < -0.39 is 11.6 Å². The highest BCUT2D eigenvalue weighted by Crippen LogP contribution is 2.23. The third-order valence-corrected chi connectivity index (χ3v) is 3.00. The highest BCUT2D eigenvalue weighted by molar-refractivity contribution is 9.10. The number of aryl methyl sites for hydroxylation is 1. The lowest BCUT2D eigenvalue weighted by Gasteiger charge is -2.07. The summed E-state index contributed by atoms with van der Waals surface area (Å²) >= 11 is 2.92. The Morgan fingerprint density at radius 2 is 2.12 bits per heavy atom. The zero-order valence-electron chi connectivity index (χ0n) is 9.02. The molecule has 0 atom stereocenters. The molecule has 1 aromatic carbocycles. The third kappa shape index (κ3) is 2.63. The highest BCUT2D eigenvalue weighted by atomic mass is 79.9. The Labute approximate surface area is 105 Å². The van der Waals surface area contributed by atoms with Crippen molar-refractivity contribution in [2.75, 3.05) is 5.32 Å². The molecule has 6 heteroatoms. The van der Waals surface area contributed by atoms with Crippen LogP contribution >= 0.6 is 15.9 Å². The summed E-state index contributed by atoms with van der Waals surface area (Å²) < 4.78 is 26.8. The molecule has 0 aliphatic carbocycles. The number of anilines is 1. The monoisotopic (exact) mass is 301 g/mol. The fraction of sp³-hybridized carbons (Fsp3) is 0.182. The van der Waals surface area contributed by atoms with Crippen LogP contribution in [-0.4, -0.2) is 9.97 Å². The molecule has 17 heavy (non-hydrogen) atoms. The Morgan fingerprint density at radius 1 is 1.35 bits per heavy atom. The van der Waals surface area contributed by atoms with Gasteiger partial charge in [-0.2, -0.15) is 0 Å². The molecule has 0 radical (unpaired) electrons. The van der Waals surface area contributed by atoms with Gasteiger partial charge in [0.2, 0.25) is 0 Å². The Balaban J connectivity index is 2.14. The van der Waals surface area contributed by atoms with E-state index in [4.69, 9.17) is 0 Å². The number of aromatic amines is 1. The van der Waals surface area contributed by atoms with Crippen molar-refractivity contribution in [3.8, 4) is 0 Å². The summed E-state index contributed by atoms with van der Waals surface area (Å²) in [7, 11) is 0. The fourth-order valence-corrected chi connectivity index (χ4v) is 1.72. The molecule has 0 aliphatic rings. The summed E-state index contributed by atoms with van der Waals surface area (Å²) in [5, 5.41) is 2.81. The van der Waals surface area contributed by atoms with Crippen molar-refractivity contribution in [2.45, 2.75) is 13.5 Å². The van der Waals surface area contributed by atoms with Crippen LogP contribution in [0.1, 0.15) is 11.4 Å². The Kier molecular flexibility index (Phi) is 3.42. The van der Waals surface area contributed by atoms with E-state index in [9.17, 15) is 8.78 Å². The van der Waals surface area contributed by atoms with Crippen molar-refractivity contribution in [1.82, 2.24) is 9.97 Å². The number of rotatable bonds is 3. The number of nitrogens with zero attached hydrogens (tertiary/aromatic N) is 1. The SMILES string of the molecule is Cc1[nH]cnc1CNc1cc(F)c(Br)cc1F. The molecule has 0 fully saturated rings. The number of aromatic nitrogens is 2. The third-order valence-electron chi connectivity index (χ3n) is 2.39. The van der Waals surface area contributed by atoms with Gasteiger partial charge in [0.25, 0.3) is 0 Å². The number of halogens is 3. The van der Waals surface area contributed by atoms with Crippen LogP contribution in [-0.2, 0) is 6.54 Å². The molecule has 2 rings (SSSR count). The molecule has 0 bridgehead atoms. The maximum absolute atomic E-state index is 13.5. The number of hydrogen-bond acceptors (Lipinski definition) is 2. The van der Waals surface area contributed by atoms with Crippen molar-refractivity contribution in [3.05, 3.63) is 46.0 Å². The molecule has 0 saturated heterocycles. The van der Waals surface area contributed by atoms with E-state index in [1.165, 1.54) is 0 Å². The number of H-pyrrole nitrogens is 1. The first-order valence-corrected chi connectivity index (χ1v) is 5.74. The summed E-state index contributed by atoms with van der Waals surface area (Å²) in [6.07, 6.45) is 1.56. The molecule has 0 aliphatic heterocycles. The molecule has 90 valence electrons. The van der Waals surface area contributed by atoms with Gasteiger partial charge >= 0.3 is 0 Å². The molecule has 0 amide bonds. The van der Waals surface area contributed by atoms with E-state index in [1.54, 1.807) is 6.33 Å². The molecular weight excluding hydrogens is 292 g/mol. The van der Waals surface area contributed by atoms with Crippen LogP contribution in [0.3, 0.4) is 0 Å². The zero-order valence-corrected chi connectivity index (χ0v) is 10.6. The molecule has 0 saturated carbocycles. The minimum Gasteiger partial charge on any atom is -0.377 e.